The first-order chi connectivity index (χ1) is 21.8. The van der Waals surface area contributed by atoms with Crippen LogP contribution in [-0.4, -0.2) is 66.2 Å². The molecule has 3 aromatic carbocycles. The number of nitrogens with zero attached hydrogens (tertiary/aromatic N) is 3. The maximum atomic E-state index is 13.9. The van der Waals surface area contributed by atoms with Gasteiger partial charge in [-0.25, -0.2) is 4.79 Å². The number of hydrogen-bond donors (Lipinski definition) is 0. The minimum atomic E-state index is -0.631. The van der Waals surface area contributed by atoms with Gasteiger partial charge in [-0.15, -0.1) is 0 Å². The summed E-state index contributed by atoms with van der Waals surface area (Å²) in [6.07, 6.45) is -0.349. The molecule has 2 heterocycles. The number of amides is 3. The van der Waals surface area contributed by atoms with E-state index in [9.17, 15) is 14.4 Å². The van der Waals surface area contributed by atoms with Gasteiger partial charge in [0.15, 0.2) is 11.5 Å². The second-order valence-electron chi connectivity index (χ2n) is 13.0. The highest BCUT2D eigenvalue weighted by atomic mass is 35.5. The molecule has 0 unspecified atom stereocenters. The van der Waals surface area contributed by atoms with Gasteiger partial charge in [0.2, 0.25) is 11.8 Å². The highest BCUT2D eigenvalue weighted by molar-refractivity contribution is 6.30. The number of carbonyl (C=O) groups excluding carboxylic acids is 3. The number of methoxy groups -OCH3 is 1. The van der Waals surface area contributed by atoms with Crippen LogP contribution in [0.1, 0.15) is 75.9 Å². The highest BCUT2D eigenvalue weighted by Crippen LogP contribution is 2.44. The summed E-state index contributed by atoms with van der Waals surface area (Å²) in [5.41, 5.74) is 3.76. The fraction of sp³-hybridized carbons (Fsp3) is 0.417. The number of anilines is 1. The topological polar surface area (TPSA) is 88.6 Å². The summed E-state index contributed by atoms with van der Waals surface area (Å²) in [6, 6.07) is 18.5. The molecule has 10 heteroatoms. The highest BCUT2D eigenvalue weighted by Gasteiger charge is 2.37. The molecule has 0 bridgehead atoms. The van der Waals surface area contributed by atoms with Gasteiger partial charge in [-0.3, -0.25) is 14.5 Å². The van der Waals surface area contributed by atoms with E-state index in [1.807, 2.05) is 86.3 Å². The van der Waals surface area contributed by atoms with Gasteiger partial charge in [-0.05, 0) is 100 Å². The minimum Gasteiger partial charge on any atom is -0.493 e. The number of hydrogen-bond acceptors (Lipinski definition) is 6. The first-order valence-corrected chi connectivity index (χ1v) is 16.0. The zero-order valence-electron chi connectivity index (χ0n) is 27.5. The van der Waals surface area contributed by atoms with Gasteiger partial charge in [0.1, 0.15) is 12.1 Å². The largest absolute Gasteiger partial charge is 0.493 e. The second-order valence-corrected chi connectivity index (χ2v) is 13.5. The van der Waals surface area contributed by atoms with Gasteiger partial charge >= 0.3 is 6.09 Å². The quantitative estimate of drug-likeness (QED) is 0.276. The molecule has 0 aliphatic carbocycles. The second kappa shape index (κ2) is 13.2. The molecule has 0 saturated carbocycles. The lowest BCUT2D eigenvalue weighted by Gasteiger charge is -2.39. The van der Waals surface area contributed by atoms with Crippen molar-refractivity contribution in [3.63, 3.8) is 0 Å². The average molecular weight is 648 g/mol. The normalized spacial score (nSPS) is 17.6. The van der Waals surface area contributed by atoms with Gasteiger partial charge in [0, 0.05) is 23.8 Å². The third kappa shape index (κ3) is 7.09. The zero-order valence-corrected chi connectivity index (χ0v) is 28.3. The predicted octanol–water partition coefficient (Wildman–Crippen LogP) is 6.95. The van der Waals surface area contributed by atoms with Gasteiger partial charge in [0.25, 0.3) is 0 Å². The van der Waals surface area contributed by atoms with Crippen LogP contribution in [0.2, 0.25) is 5.02 Å². The fourth-order valence-corrected chi connectivity index (χ4v) is 6.13. The Hall–Kier alpha value is -4.24. The Morgan fingerprint density at radius 1 is 0.913 bits per heavy atom. The molecule has 1 fully saturated rings. The van der Waals surface area contributed by atoms with Crippen molar-refractivity contribution in [2.24, 2.45) is 0 Å². The van der Waals surface area contributed by atoms with Crippen LogP contribution < -0.4 is 14.4 Å². The monoisotopic (exact) mass is 647 g/mol. The molecule has 9 nitrogen and oxygen atoms in total. The molecular weight excluding hydrogens is 606 g/mol. The van der Waals surface area contributed by atoms with E-state index in [1.165, 1.54) is 4.90 Å². The maximum Gasteiger partial charge on any atom is 0.410 e. The molecule has 0 radical (unpaired) electrons. The van der Waals surface area contributed by atoms with Gasteiger partial charge in [0.05, 0.1) is 31.7 Å². The minimum absolute atomic E-state index is 0.0326. The van der Waals surface area contributed by atoms with E-state index in [4.69, 9.17) is 25.8 Å². The smallest absolute Gasteiger partial charge is 0.410 e. The summed E-state index contributed by atoms with van der Waals surface area (Å²) >= 11 is 6.25. The Kier molecular flexibility index (Phi) is 9.54. The van der Waals surface area contributed by atoms with Crippen molar-refractivity contribution in [2.75, 3.05) is 31.6 Å². The number of ether oxygens (including phenoxy) is 3. The van der Waals surface area contributed by atoms with Crippen molar-refractivity contribution in [3.8, 4) is 11.5 Å². The summed E-state index contributed by atoms with van der Waals surface area (Å²) in [7, 11) is 1.60. The number of halogens is 1. The zero-order chi connectivity index (χ0) is 33.3. The van der Waals surface area contributed by atoms with E-state index in [0.29, 0.717) is 29.6 Å². The third-order valence-corrected chi connectivity index (χ3v) is 8.42. The van der Waals surface area contributed by atoms with Gasteiger partial charge in [-0.2, -0.15) is 0 Å². The van der Waals surface area contributed by atoms with Crippen molar-refractivity contribution in [3.05, 3.63) is 87.9 Å². The summed E-state index contributed by atoms with van der Waals surface area (Å²) in [5.74, 6) is 1.00. The molecular formula is C36H42ClN3O6. The van der Waals surface area contributed by atoms with Crippen LogP contribution in [0.5, 0.6) is 11.5 Å². The van der Waals surface area contributed by atoms with Gasteiger partial charge in [-0.1, -0.05) is 35.9 Å². The molecule has 3 aromatic rings. The molecule has 5 rings (SSSR count). The first-order valence-electron chi connectivity index (χ1n) is 15.6. The van der Waals surface area contributed by atoms with E-state index in [-0.39, 0.29) is 36.9 Å². The molecule has 0 aromatic heterocycles. The number of carbonyl (C=O) groups is 3. The molecule has 0 N–H and O–H groups in total. The first kappa shape index (κ1) is 33.1. The Morgan fingerprint density at radius 3 is 2.17 bits per heavy atom. The van der Waals surface area contributed by atoms with E-state index in [1.54, 1.807) is 32.8 Å². The lowest BCUT2D eigenvalue weighted by atomic mass is 9.86. The summed E-state index contributed by atoms with van der Waals surface area (Å²) < 4.78 is 17.2. The Bertz CT molecular complexity index is 1600. The SMILES string of the molecule is COc1cc2c(cc1OC(C)C)[C@H](c1ccc(Cl)cc1)N(c1ccc([C@H](C)N3CCN(C(=O)OC(C)(C)C)CC3=O)cc1)C(=O)C2. The van der Waals surface area contributed by atoms with Crippen LogP contribution in [0.3, 0.4) is 0 Å². The molecule has 2 aliphatic heterocycles. The molecule has 2 aliphatic rings. The Labute approximate surface area is 276 Å². The Morgan fingerprint density at radius 2 is 1.59 bits per heavy atom. The Balaban J connectivity index is 1.43. The average Bonchev–Trinajstić information content (AvgIpc) is 2.99. The van der Waals surface area contributed by atoms with Crippen LogP contribution in [0.4, 0.5) is 10.5 Å². The number of rotatable bonds is 7. The van der Waals surface area contributed by atoms with Crippen molar-refractivity contribution in [2.45, 2.75) is 71.8 Å². The third-order valence-electron chi connectivity index (χ3n) is 8.17. The number of benzene rings is 3. The molecule has 3 amide bonds. The summed E-state index contributed by atoms with van der Waals surface area (Å²) in [6.45, 7) is 12.1. The molecule has 0 spiro atoms. The lowest BCUT2D eigenvalue weighted by Crippen LogP contribution is -2.53. The van der Waals surface area contributed by atoms with E-state index in [0.717, 1.165) is 27.9 Å². The van der Waals surface area contributed by atoms with Gasteiger partial charge < -0.3 is 24.0 Å². The molecule has 1 saturated heterocycles. The molecule has 2 atom stereocenters. The van der Waals surface area contributed by atoms with E-state index >= 15 is 0 Å². The summed E-state index contributed by atoms with van der Waals surface area (Å²) in [4.78, 5) is 44.6. The number of piperazine rings is 1. The van der Waals surface area contributed by atoms with Crippen LogP contribution in [0, 0.1) is 0 Å². The van der Waals surface area contributed by atoms with Crippen LogP contribution in [0.25, 0.3) is 0 Å². The fourth-order valence-electron chi connectivity index (χ4n) is 6.00. The predicted molar refractivity (Wildman–Crippen MR) is 178 cm³/mol. The molecule has 46 heavy (non-hydrogen) atoms. The van der Waals surface area contributed by atoms with Crippen molar-refractivity contribution < 1.29 is 28.6 Å². The number of fused-ring (bicyclic) bond motifs is 1. The van der Waals surface area contributed by atoms with Crippen molar-refractivity contribution >= 4 is 35.2 Å². The van der Waals surface area contributed by atoms with Crippen molar-refractivity contribution in [1.82, 2.24) is 9.80 Å². The van der Waals surface area contributed by atoms with Crippen LogP contribution >= 0.6 is 11.6 Å². The van der Waals surface area contributed by atoms with Crippen LogP contribution in [-0.2, 0) is 20.7 Å². The molecule has 244 valence electrons. The summed E-state index contributed by atoms with van der Waals surface area (Å²) in [5, 5.41) is 0.607. The van der Waals surface area contributed by atoms with E-state index < -0.39 is 17.7 Å². The van der Waals surface area contributed by atoms with Crippen molar-refractivity contribution in [1.29, 1.82) is 0 Å². The van der Waals surface area contributed by atoms with Crippen LogP contribution in [0.15, 0.2) is 60.7 Å². The lowest BCUT2D eigenvalue weighted by molar-refractivity contribution is -0.138. The maximum absolute atomic E-state index is 13.9. The standard InChI is InChI=1S/C36H42ClN3O6/c1-22(2)45-31-20-29-26(18-30(31)44-7)19-32(41)40(34(29)25-8-12-27(37)13-9-25)28-14-10-24(11-15-28)23(3)39-17-16-38(21-33(39)42)35(43)46-36(4,5)6/h8-15,18,20,22-23,34H,16-17,19,21H2,1-7H3/t23-,34-/m0/s1. The van der Waals surface area contributed by atoms with E-state index in [2.05, 4.69) is 0 Å².